The Kier molecular flexibility index (Phi) is 3.34. The van der Waals surface area contributed by atoms with Gasteiger partial charge in [0.2, 0.25) is 0 Å². The van der Waals surface area contributed by atoms with Gasteiger partial charge in [-0.1, -0.05) is 27.5 Å². The number of nitriles is 1. The Hall–Kier alpha value is -0.600. The molecule has 3 rings (SSSR count). The summed E-state index contributed by atoms with van der Waals surface area (Å²) in [5.74, 6) is 0. The number of aliphatic hydroxyl groups excluding tert-OH is 1. The van der Waals surface area contributed by atoms with Crippen LogP contribution < -0.4 is 0 Å². The normalized spacial score (nSPS) is 34.2. The molecule has 2 fully saturated rings. The Morgan fingerprint density at radius 2 is 2.32 bits per heavy atom. The molecule has 19 heavy (non-hydrogen) atoms. The van der Waals surface area contributed by atoms with Gasteiger partial charge in [-0.2, -0.15) is 5.26 Å². The van der Waals surface area contributed by atoms with Crippen LogP contribution in [0.1, 0.15) is 30.9 Å². The van der Waals surface area contributed by atoms with E-state index in [1.54, 1.807) is 12.1 Å². The summed E-state index contributed by atoms with van der Waals surface area (Å²) >= 11 is 9.53. The number of rotatable bonds is 2. The van der Waals surface area contributed by atoms with Crippen LogP contribution in [0, 0.1) is 16.7 Å². The zero-order valence-electron chi connectivity index (χ0n) is 10.1. The van der Waals surface area contributed by atoms with Crippen LogP contribution in [0.15, 0.2) is 22.7 Å². The van der Waals surface area contributed by atoms with Crippen LogP contribution in [0.25, 0.3) is 0 Å². The Morgan fingerprint density at radius 3 is 2.89 bits per heavy atom. The molecule has 0 amide bonds. The molecular weight excluding hydrogens is 330 g/mol. The van der Waals surface area contributed by atoms with E-state index in [4.69, 9.17) is 16.3 Å². The van der Waals surface area contributed by atoms with Crippen molar-refractivity contribution in [2.45, 2.75) is 37.6 Å². The zero-order chi connectivity index (χ0) is 13.6. The summed E-state index contributed by atoms with van der Waals surface area (Å²) < 4.78 is 6.59. The van der Waals surface area contributed by atoms with Gasteiger partial charge in [-0.05, 0) is 37.5 Å². The molecule has 0 radical (unpaired) electrons. The van der Waals surface area contributed by atoms with Crippen LogP contribution in [-0.4, -0.2) is 17.3 Å². The summed E-state index contributed by atoms with van der Waals surface area (Å²) in [5, 5.41) is 20.8. The first-order chi connectivity index (χ1) is 9.06. The third-order valence-corrected chi connectivity index (χ3v) is 5.03. The van der Waals surface area contributed by atoms with Crippen molar-refractivity contribution in [1.82, 2.24) is 0 Å². The molecule has 2 saturated heterocycles. The molecule has 4 unspecified atom stereocenters. The van der Waals surface area contributed by atoms with Crippen molar-refractivity contribution in [2.75, 3.05) is 0 Å². The third kappa shape index (κ3) is 2.00. The van der Waals surface area contributed by atoms with Gasteiger partial charge in [0.05, 0.1) is 18.3 Å². The number of hydrogen-bond acceptors (Lipinski definition) is 3. The van der Waals surface area contributed by atoms with E-state index in [2.05, 4.69) is 22.0 Å². The molecule has 0 saturated carbocycles. The smallest absolute Gasteiger partial charge is 0.116 e. The fraction of sp³-hybridized carbons (Fsp3) is 0.500. The lowest BCUT2D eigenvalue weighted by Crippen LogP contribution is -2.37. The van der Waals surface area contributed by atoms with Gasteiger partial charge >= 0.3 is 0 Å². The van der Waals surface area contributed by atoms with Gasteiger partial charge < -0.3 is 9.84 Å². The second-order valence-electron chi connectivity index (χ2n) is 5.25. The molecule has 2 aliphatic rings. The molecule has 0 aliphatic carbocycles. The summed E-state index contributed by atoms with van der Waals surface area (Å²) in [6.45, 7) is 0. The van der Waals surface area contributed by atoms with Crippen molar-refractivity contribution in [1.29, 1.82) is 5.26 Å². The lowest BCUT2D eigenvalue weighted by molar-refractivity contribution is 0.00344. The highest BCUT2D eigenvalue weighted by Gasteiger charge is 2.57. The van der Waals surface area contributed by atoms with E-state index in [9.17, 15) is 10.4 Å². The molecule has 0 spiro atoms. The summed E-state index contributed by atoms with van der Waals surface area (Å²) in [7, 11) is 0. The van der Waals surface area contributed by atoms with E-state index in [1.165, 1.54) is 0 Å². The van der Waals surface area contributed by atoms with Gasteiger partial charge in [0.25, 0.3) is 0 Å². The average Bonchev–Trinajstić information content (AvgIpc) is 3.01. The molecule has 1 aromatic carbocycles. The van der Waals surface area contributed by atoms with Gasteiger partial charge in [-0.25, -0.2) is 0 Å². The number of fused-ring (bicyclic) bond motifs is 2. The summed E-state index contributed by atoms with van der Waals surface area (Å²) in [5.41, 5.74) is -0.276. The molecule has 1 N–H and O–H groups in total. The second kappa shape index (κ2) is 4.75. The minimum atomic E-state index is -0.919. The zero-order valence-corrected chi connectivity index (χ0v) is 12.5. The van der Waals surface area contributed by atoms with Crippen LogP contribution in [-0.2, 0) is 4.74 Å². The largest absolute Gasteiger partial charge is 0.387 e. The number of nitrogens with zero attached hydrogens (tertiary/aromatic N) is 1. The van der Waals surface area contributed by atoms with Crippen molar-refractivity contribution in [3.8, 4) is 6.07 Å². The first kappa shape index (κ1) is 13.4. The fourth-order valence-corrected chi connectivity index (χ4v) is 3.81. The highest BCUT2D eigenvalue weighted by Crippen LogP contribution is 2.54. The van der Waals surface area contributed by atoms with E-state index in [0.29, 0.717) is 17.0 Å². The maximum absolute atomic E-state index is 10.7. The predicted molar refractivity (Wildman–Crippen MR) is 74.7 cm³/mol. The molecule has 2 heterocycles. The number of benzene rings is 1. The second-order valence-corrected chi connectivity index (χ2v) is 6.57. The minimum Gasteiger partial charge on any atom is -0.387 e. The SMILES string of the molecule is N#CC1(C(O)c2cc(Br)ccc2Cl)CC2CCC1O2. The molecule has 0 aromatic heterocycles. The third-order valence-electron chi connectivity index (χ3n) is 4.20. The minimum absolute atomic E-state index is 0.102. The van der Waals surface area contributed by atoms with E-state index in [-0.39, 0.29) is 12.2 Å². The lowest BCUT2D eigenvalue weighted by atomic mass is 9.69. The van der Waals surface area contributed by atoms with Gasteiger partial charge in [0.1, 0.15) is 11.5 Å². The average molecular weight is 343 g/mol. The molecule has 5 heteroatoms. The van der Waals surface area contributed by atoms with Crippen LogP contribution in [0.3, 0.4) is 0 Å². The molecule has 4 atom stereocenters. The van der Waals surface area contributed by atoms with Crippen molar-refractivity contribution < 1.29 is 9.84 Å². The number of halogens is 2. The monoisotopic (exact) mass is 341 g/mol. The maximum Gasteiger partial charge on any atom is 0.116 e. The van der Waals surface area contributed by atoms with Crippen LogP contribution >= 0.6 is 27.5 Å². The molecule has 2 aliphatic heterocycles. The van der Waals surface area contributed by atoms with Crippen molar-refractivity contribution in [3.05, 3.63) is 33.3 Å². The molecule has 2 bridgehead atoms. The number of ether oxygens (including phenoxy) is 1. The highest BCUT2D eigenvalue weighted by molar-refractivity contribution is 9.10. The van der Waals surface area contributed by atoms with Gasteiger partial charge in [0.15, 0.2) is 0 Å². The van der Waals surface area contributed by atoms with E-state index < -0.39 is 11.5 Å². The molecule has 3 nitrogen and oxygen atoms in total. The topological polar surface area (TPSA) is 53.2 Å². The van der Waals surface area contributed by atoms with Gasteiger partial charge in [-0.15, -0.1) is 0 Å². The van der Waals surface area contributed by atoms with Crippen LogP contribution in [0.2, 0.25) is 5.02 Å². The Balaban J connectivity index is 2.01. The highest BCUT2D eigenvalue weighted by atomic mass is 79.9. The summed E-state index contributed by atoms with van der Waals surface area (Å²) in [6, 6.07) is 7.62. The van der Waals surface area contributed by atoms with E-state index in [0.717, 1.165) is 17.3 Å². The quantitative estimate of drug-likeness (QED) is 0.893. The Bertz CT molecular complexity index is 559. The van der Waals surface area contributed by atoms with Crippen LogP contribution in [0.5, 0.6) is 0 Å². The number of hydrogen-bond donors (Lipinski definition) is 1. The Labute approximate surface area is 125 Å². The van der Waals surface area contributed by atoms with Gasteiger partial charge in [0, 0.05) is 15.1 Å². The first-order valence-electron chi connectivity index (χ1n) is 6.26. The fourth-order valence-electron chi connectivity index (χ4n) is 3.21. The first-order valence-corrected chi connectivity index (χ1v) is 7.43. The van der Waals surface area contributed by atoms with E-state index >= 15 is 0 Å². The maximum atomic E-state index is 10.7. The van der Waals surface area contributed by atoms with Crippen LogP contribution in [0.4, 0.5) is 0 Å². The molecule has 100 valence electrons. The van der Waals surface area contributed by atoms with E-state index in [1.807, 2.05) is 6.07 Å². The van der Waals surface area contributed by atoms with Crippen molar-refractivity contribution in [3.63, 3.8) is 0 Å². The Morgan fingerprint density at radius 1 is 1.53 bits per heavy atom. The van der Waals surface area contributed by atoms with Crippen molar-refractivity contribution in [2.24, 2.45) is 5.41 Å². The van der Waals surface area contributed by atoms with Gasteiger partial charge in [-0.3, -0.25) is 0 Å². The predicted octanol–water partition coefficient (Wildman–Crippen LogP) is 3.60. The lowest BCUT2D eigenvalue weighted by Gasteiger charge is -2.33. The number of aliphatic hydroxyl groups is 1. The van der Waals surface area contributed by atoms with Crippen molar-refractivity contribution >= 4 is 27.5 Å². The molecule has 1 aromatic rings. The molecular formula is C14H13BrClNO2. The standard InChI is InChI=1S/C14H13BrClNO2/c15-8-1-3-11(16)10(5-8)13(18)14(7-17)6-9-2-4-12(14)19-9/h1,3,5,9,12-13,18H,2,4,6H2. The summed E-state index contributed by atoms with van der Waals surface area (Å²) in [6.07, 6.45) is 1.39. The summed E-state index contributed by atoms with van der Waals surface area (Å²) in [4.78, 5) is 0.